The van der Waals surface area contributed by atoms with Gasteiger partial charge in [0.1, 0.15) is 5.60 Å². The van der Waals surface area contributed by atoms with Crippen LogP contribution in [0.25, 0.3) is 0 Å². The van der Waals surface area contributed by atoms with Crippen LogP contribution in [0, 0.1) is 5.92 Å². The SMILES string of the molecule is CC(C)(C)OC(=O)NC1C=CC(COS(C)(=O)=O)C1. The quantitative estimate of drug-likeness (QED) is 0.626. The minimum atomic E-state index is -3.42. The zero-order valence-corrected chi connectivity index (χ0v) is 12.5. The van der Waals surface area contributed by atoms with E-state index >= 15 is 0 Å². The van der Waals surface area contributed by atoms with E-state index in [-0.39, 0.29) is 18.6 Å². The lowest BCUT2D eigenvalue weighted by Gasteiger charge is -2.21. The number of ether oxygens (including phenoxy) is 1. The molecule has 1 aliphatic carbocycles. The maximum atomic E-state index is 11.5. The van der Waals surface area contributed by atoms with Gasteiger partial charge in [-0.25, -0.2) is 4.79 Å². The number of alkyl carbamates (subject to hydrolysis) is 1. The van der Waals surface area contributed by atoms with Gasteiger partial charge in [-0.15, -0.1) is 0 Å². The Balaban J connectivity index is 2.34. The summed E-state index contributed by atoms with van der Waals surface area (Å²) in [7, 11) is -3.42. The molecule has 0 saturated heterocycles. The summed E-state index contributed by atoms with van der Waals surface area (Å²) in [6.07, 6.45) is 4.80. The van der Waals surface area contributed by atoms with Crippen LogP contribution in [0.1, 0.15) is 27.2 Å². The molecule has 0 spiro atoms. The number of carbonyl (C=O) groups excluding carboxylic acids is 1. The smallest absolute Gasteiger partial charge is 0.408 e. The van der Waals surface area contributed by atoms with Gasteiger partial charge in [-0.2, -0.15) is 8.42 Å². The lowest BCUT2D eigenvalue weighted by Crippen LogP contribution is -2.37. The third-order valence-corrected chi connectivity index (χ3v) is 2.93. The molecule has 1 rings (SSSR count). The highest BCUT2D eigenvalue weighted by atomic mass is 32.2. The Morgan fingerprint density at radius 1 is 1.37 bits per heavy atom. The summed E-state index contributed by atoms with van der Waals surface area (Å²) in [5, 5.41) is 2.71. The molecule has 1 amide bonds. The second-order valence-electron chi connectivity index (χ2n) is 5.62. The summed E-state index contributed by atoms with van der Waals surface area (Å²) in [4.78, 5) is 11.5. The van der Waals surface area contributed by atoms with Crippen LogP contribution in [0.4, 0.5) is 4.79 Å². The van der Waals surface area contributed by atoms with Gasteiger partial charge in [-0.3, -0.25) is 4.18 Å². The number of amides is 1. The molecular weight excluding hydrogens is 270 g/mol. The van der Waals surface area contributed by atoms with Crippen molar-refractivity contribution in [3.63, 3.8) is 0 Å². The zero-order valence-electron chi connectivity index (χ0n) is 11.7. The Bertz CT molecular complexity index is 449. The molecule has 0 fully saturated rings. The third kappa shape index (κ3) is 7.17. The van der Waals surface area contributed by atoms with E-state index in [4.69, 9.17) is 8.92 Å². The van der Waals surface area contributed by atoms with Gasteiger partial charge in [-0.05, 0) is 27.2 Å². The average molecular weight is 291 g/mol. The first-order valence-corrected chi connectivity index (χ1v) is 7.89. The molecule has 2 unspecified atom stereocenters. The lowest BCUT2D eigenvalue weighted by atomic mass is 10.1. The van der Waals surface area contributed by atoms with Crippen molar-refractivity contribution in [1.29, 1.82) is 0 Å². The minimum Gasteiger partial charge on any atom is -0.444 e. The summed E-state index contributed by atoms with van der Waals surface area (Å²) in [6, 6.07) is -0.150. The van der Waals surface area contributed by atoms with Gasteiger partial charge >= 0.3 is 6.09 Å². The fraction of sp³-hybridized carbons (Fsp3) is 0.750. The third-order valence-electron chi connectivity index (χ3n) is 2.37. The highest BCUT2D eigenvalue weighted by Crippen LogP contribution is 2.19. The summed E-state index contributed by atoms with van der Waals surface area (Å²) in [6.45, 7) is 5.47. The van der Waals surface area contributed by atoms with E-state index in [1.165, 1.54) is 0 Å². The molecule has 0 aromatic rings. The van der Waals surface area contributed by atoms with Crippen molar-refractivity contribution < 1.29 is 22.1 Å². The first-order valence-electron chi connectivity index (χ1n) is 6.07. The molecule has 0 saturated carbocycles. The van der Waals surface area contributed by atoms with Crippen molar-refractivity contribution in [3.05, 3.63) is 12.2 Å². The molecule has 0 aliphatic heterocycles. The number of nitrogens with one attached hydrogen (secondary N) is 1. The molecule has 0 aromatic carbocycles. The Kier molecular flexibility index (Phi) is 4.98. The van der Waals surface area contributed by atoms with Gasteiger partial charge in [0, 0.05) is 5.92 Å². The summed E-state index contributed by atoms with van der Waals surface area (Å²) in [5.74, 6) is -0.0188. The monoisotopic (exact) mass is 291 g/mol. The fourth-order valence-corrected chi connectivity index (χ4v) is 2.10. The molecular formula is C12H21NO5S. The largest absolute Gasteiger partial charge is 0.444 e. The van der Waals surface area contributed by atoms with E-state index in [1.807, 2.05) is 12.2 Å². The van der Waals surface area contributed by atoms with Gasteiger partial charge in [0.2, 0.25) is 0 Å². The molecule has 0 bridgehead atoms. The topological polar surface area (TPSA) is 81.7 Å². The van der Waals surface area contributed by atoms with Gasteiger partial charge in [0.25, 0.3) is 10.1 Å². The standard InChI is InChI=1S/C12H21NO5S/c1-12(2,3)18-11(14)13-10-6-5-9(7-10)8-17-19(4,15)16/h5-6,9-10H,7-8H2,1-4H3,(H,13,14). The van der Waals surface area contributed by atoms with Crippen LogP contribution in [0.2, 0.25) is 0 Å². The number of carbonyl (C=O) groups is 1. The van der Waals surface area contributed by atoms with E-state index in [0.717, 1.165) is 6.26 Å². The number of rotatable bonds is 4. The second-order valence-corrected chi connectivity index (χ2v) is 7.27. The second kappa shape index (κ2) is 5.92. The first-order chi connectivity index (χ1) is 8.55. The maximum Gasteiger partial charge on any atom is 0.408 e. The minimum absolute atomic E-state index is 0.0188. The molecule has 2 atom stereocenters. The van der Waals surface area contributed by atoms with Crippen molar-refractivity contribution in [2.45, 2.75) is 38.8 Å². The van der Waals surface area contributed by atoms with E-state index in [9.17, 15) is 13.2 Å². The highest BCUT2D eigenvalue weighted by Gasteiger charge is 2.24. The Morgan fingerprint density at radius 2 is 2.00 bits per heavy atom. The van der Waals surface area contributed by atoms with E-state index in [1.54, 1.807) is 20.8 Å². The maximum absolute atomic E-state index is 11.5. The molecule has 0 aromatic heterocycles. The van der Waals surface area contributed by atoms with Gasteiger partial charge in [0.05, 0.1) is 18.9 Å². The normalized spacial score (nSPS) is 23.4. The average Bonchev–Trinajstić information content (AvgIpc) is 2.58. The van der Waals surface area contributed by atoms with Crippen LogP contribution in [-0.4, -0.2) is 39.0 Å². The van der Waals surface area contributed by atoms with Gasteiger partial charge < -0.3 is 10.1 Å². The van der Waals surface area contributed by atoms with Crippen LogP contribution in [0.5, 0.6) is 0 Å². The summed E-state index contributed by atoms with van der Waals surface area (Å²) >= 11 is 0. The molecule has 0 radical (unpaired) electrons. The highest BCUT2D eigenvalue weighted by molar-refractivity contribution is 7.85. The van der Waals surface area contributed by atoms with Crippen molar-refractivity contribution in [1.82, 2.24) is 5.32 Å². The van der Waals surface area contributed by atoms with Crippen LogP contribution < -0.4 is 5.32 Å². The zero-order chi connectivity index (χ0) is 14.7. The summed E-state index contributed by atoms with van der Waals surface area (Å²) < 4.78 is 31.6. The van der Waals surface area contributed by atoms with E-state index < -0.39 is 21.8 Å². The van der Waals surface area contributed by atoms with Crippen molar-refractivity contribution in [2.24, 2.45) is 5.92 Å². The van der Waals surface area contributed by atoms with Crippen LogP contribution in [0.3, 0.4) is 0 Å². The molecule has 110 valence electrons. The van der Waals surface area contributed by atoms with Crippen molar-refractivity contribution >= 4 is 16.2 Å². The number of hydrogen-bond donors (Lipinski definition) is 1. The Hall–Kier alpha value is -1.08. The van der Waals surface area contributed by atoms with Gasteiger partial charge in [-0.1, -0.05) is 12.2 Å². The fourth-order valence-electron chi connectivity index (χ4n) is 1.68. The van der Waals surface area contributed by atoms with Gasteiger partial charge in [0.15, 0.2) is 0 Å². The van der Waals surface area contributed by atoms with Crippen LogP contribution in [-0.2, 0) is 19.0 Å². The Labute approximate surface area is 114 Å². The van der Waals surface area contributed by atoms with Crippen molar-refractivity contribution in [3.8, 4) is 0 Å². The Morgan fingerprint density at radius 3 is 2.53 bits per heavy atom. The molecule has 1 N–H and O–H groups in total. The molecule has 1 aliphatic rings. The molecule has 0 heterocycles. The number of hydrogen-bond acceptors (Lipinski definition) is 5. The van der Waals surface area contributed by atoms with Crippen LogP contribution in [0.15, 0.2) is 12.2 Å². The van der Waals surface area contributed by atoms with Crippen LogP contribution >= 0.6 is 0 Å². The molecule has 6 nitrogen and oxygen atoms in total. The predicted octanol–water partition coefficient (Wildman–Crippen LogP) is 1.43. The predicted molar refractivity (Wildman–Crippen MR) is 71.2 cm³/mol. The summed E-state index contributed by atoms with van der Waals surface area (Å²) in [5.41, 5.74) is -0.537. The van der Waals surface area contributed by atoms with E-state index in [2.05, 4.69) is 5.32 Å². The van der Waals surface area contributed by atoms with E-state index in [0.29, 0.717) is 6.42 Å². The molecule has 19 heavy (non-hydrogen) atoms. The molecule has 7 heteroatoms. The van der Waals surface area contributed by atoms with Crippen molar-refractivity contribution in [2.75, 3.05) is 12.9 Å². The first kappa shape index (κ1) is 16.0. The lowest BCUT2D eigenvalue weighted by molar-refractivity contribution is 0.0511.